The van der Waals surface area contributed by atoms with E-state index >= 15 is 0 Å². The van der Waals surface area contributed by atoms with Gasteiger partial charge in [0.25, 0.3) is 5.56 Å². The van der Waals surface area contributed by atoms with Crippen LogP contribution in [0.15, 0.2) is 29.2 Å². The topological polar surface area (TPSA) is 73.4 Å². The minimum Gasteiger partial charge on any atom is -0.497 e. The molecule has 2 N–H and O–H groups in total. The number of nitrogens with zero attached hydrogens (tertiary/aromatic N) is 3. The molecule has 0 radical (unpaired) electrons. The molecular formula is C16H23ClN4O2. The van der Waals surface area contributed by atoms with E-state index in [0.717, 1.165) is 49.3 Å². The quantitative estimate of drug-likeness (QED) is 0.908. The zero-order valence-corrected chi connectivity index (χ0v) is 14.1. The largest absolute Gasteiger partial charge is 0.497 e. The molecule has 2 heterocycles. The molecular weight excluding hydrogens is 316 g/mol. The average Bonchev–Trinajstić information content (AvgIpc) is 2.55. The molecule has 0 amide bonds. The van der Waals surface area contributed by atoms with Crippen molar-refractivity contribution in [1.82, 2.24) is 14.5 Å². The Labute approximate surface area is 141 Å². The number of fused-ring (bicyclic) bond motifs is 1. The van der Waals surface area contributed by atoms with Gasteiger partial charge in [0, 0.05) is 25.2 Å². The van der Waals surface area contributed by atoms with Crippen LogP contribution in [0.5, 0.6) is 5.75 Å². The van der Waals surface area contributed by atoms with Crippen LogP contribution in [0.25, 0.3) is 11.0 Å². The lowest BCUT2D eigenvalue weighted by molar-refractivity contribution is 0.206. The lowest BCUT2D eigenvalue weighted by atomic mass is 10.1. The molecule has 2 aromatic rings. The highest BCUT2D eigenvalue weighted by Gasteiger charge is 2.16. The van der Waals surface area contributed by atoms with Crippen molar-refractivity contribution in [3.63, 3.8) is 0 Å². The summed E-state index contributed by atoms with van der Waals surface area (Å²) in [4.78, 5) is 18.7. The molecule has 0 atom stereocenters. The monoisotopic (exact) mass is 338 g/mol. The lowest BCUT2D eigenvalue weighted by Crippen LogP contribution is -2.41. The number of aromatic nitrogens is 2. The van der Waals surface area contributed by atoms with Gasteiger partial charge in [-0.15, -0.1) is 12.4 Å². The number of halogens is 1. The highest BCUT2D eigenvalue weighted by Crippen LogP contribution is 2.18. The van der Waals surface area contributed by atoms with E-state index < -0.39 is 0 Å². The minimum atomic E-state index is -0.0746. The number of nitrogens with two attached hydrogens (primary N) is 1. The van der Waals surface area contributed by atoms with E-state index in [0.29, 0.717) is 12.6 Å². The molecule has 1 aromatic carbocycles. The first-order valence-electron chi connectivity index (χ1n) is 7.69. The first-order chi connectivity index (χ1) is 10.7. The molecule has 1 aliphatic rings. The zero-order valence-electron chi connectivity index (χ0n) is 13.3. The molecule has 0 bridgehead atoms. The molecule has 0 spiro atoms. The van der Waals surface area contributed by atoms with Crippen molar-refractivity contribution in [3.8, 4) is 5.75 Å². The first-order valence-corrected chi connectivity index (χ1v) is 7.69. The van der Waals surface area contributed by atoms with Crippen LogP contribution in [0.1, 0.15) is 12.8 Å². The van der Waals surface area contributed by atoms with Crippen LogP contribution >= 0.6 is 12.4 Å². The Hall–Kier alpha value is -1.63. The van der Waals surface area contributed by atoms with Crippen LogP contribution in [0.2, 0.25) is 0 Å². The number of ether oxygens (including phenoxy) is 1. The fourth-order valence-electron chi connectivity index (χ4n) is 2.92. The molecule has 1 saturated heterocycles. The predicted molar refractivity (Wildman–Crippen MR) is 93.5 cm³/mol. The smallest absolute Gasteiger partial charge is 0.269 e. The summed E-state index contributed by atoms with van der Waals surface area (Å²) < 4.78 is 7.03. The Balaban J connectivity index is 0.00000192. The van der Waals surface area contributed by atoms with Gasteiger partial charge < -0.3 is 19.9 Å². The summed E-state index contributed by atoms with van der Waals surface area (Å²) in [6.45, 7) is 3.51. The van der Waals surface area contributed by atoms with Crippen molar-refractivity contribution < 1.29 is 4.74 Å². The molecule has 1 aliphatic heterocycles. The van der Waals surface area contributed by atoms with E-state index in [4.69, 9.17) is 10.5 Å². The maximum Gasteiger partial charge on any atom is 0.269 e. The van der Waals surface area contributed by atoms with Crippen molar-refractivity contribution in [2.45, 2.75) is 25.4 Å². The van der Waals surface area contributed by atoms with Gasteiger partial charge in [0.15, 0.2) is 0 Å². The van der Waals surface area contributed by atoms with Crippen LogP contribution in [-0.4, -0.2) is 47.2 Å². The molecule has 1 fully saturated rings. The highest BCUT2D eigenvalue weighted by atomic mass is 35.5. The van der Waals surface area contributed by atoms with Gasteiger partial charge in [-0.05, 0) is 38.1 Å². The Morgan fingerprint density at radius 3 is 2.74 bits per heavy atom. The van der Waals surface area contributed by atoms with Crippen molar-refractivity contribution in [2.24, 2.45) is 5.73 Å². The van der Waals surface area contributed by atoms with Gasteiger partial charge in [-0.3, -0.25) is 4.79 Å². The SMILES string of the molecule is COc1ccc2ncc(=O)n(CCN3CCC(N)CC3)c2c1.Cl. The summed E-state index contributed by atoms with van der Waals surface area (Å²) in [5.41, 5.74) is 7.48. The minimum absolute atomic E-state index is 0. The Bertz CT molecular complexity index is 711. The molecule has 1 aromatic heterocycles. The van der Waals surface area contributed by atoms with Crippen molar-refractivity contribution in [3.05, 3.63) is 34.7 Å². The van der Waals surface area contributed by atoms with E-state index in [9.17, 15) is 4.79 Å². The maximum atomic E-state index is 12.2. The normalized spacial score (nSPS) is 16.3. The molecule has 0 unspecified atom stereocenters. The Morgan fingerprint density at radius 1 is 1.30 bits per heavy atom. The Morgan fingerprint density at radius 2 is 2.04 bits per heavy atom. The summed E-state index contributed by atoms with van der Waals surface area (Å²) >= 11 is 0. The fraction of sp³-hybridized carbons (Fsp3) is 0.500. The van der Waals surface area contributed by atoms with E-state index in [-0.39, 0.29) is 18.0 Å². The second-order valence-electron chi connectivity index (χ2n) is 5.78. The number of benzene rings is 1. The second kappa shape index (κ2) is 7.77. The van der Waals surface area contributed by atoms with Crippen LogP contribution in [0.3, 0.4) is 0 Å². The highest BCUT2D eigenvalue weighted by molar-refractivity contribution is 5.85. The van der Waals surface area contributed by atoms with E-state index in [1.54, 1.807) is 11.7 Å². The standard InChI is InChI=1S/C16H22N4O2.ClH/c1-22-13-2-3-14-15(10-13)20(16(21)11-18-14)9-8-19-6-4-12(17)5-7-19;/h2-3,10-12H,4-9,17H2,1H3;1H. The average molecular weight is 339 g/mol. The molecule has 3 rings (SSSR count). The zero-order chi connectivity index (χ0) is 15.5. The van der Waals surface area contributed by atoms with Gasteiger partial charge in [0.05, 0.1) is 24.3 Å². The van der Waals surface area contributed by atoms with Gasteiger partial charge in [0.1, 0.15) is 5.75 Å². The van der Waals surface area contributed by atoms with Crippen LogP contribution < -0.4 is 16.0 Å². The third-order valence-corrected chi connectivity index (χ3v) is 4.33. The molecule has 126 valence electrons. The third kappa shape index (κ3) is 4.02. The van der Waals surface area contributed by atoms with E-state index in [1.807, 2.05) is 18.2 Å². The van der Waals surface area contributed by atoms with Crippen LogP contribution in [0.4, 0.5) is 0 Å². The van der Waals surface area contributed by atoms with E-state index in [1.165, 1.54) is 6.20 Å². The van der Waals surface area contributed by atoms with Crippen molar-refractivity contribution >= 4 is 23.4 Å². The summed E-state index contributed by atoms with van der Waals surface area (Å²) in [5.74, 6) is 0.734. The fourth-order valence-corrected chi connectivity index (χ4v) is 2.92. The van der Waals surface area contributed by atoms with Gasteiger partial charge in [-0.1, -0.05) is 0 Å². The van der Waals surface area contributed by atoms with Crippen LogP contribution in [0, 0.1) is 0 Å². The van der Waals surface area contributed by atoms with Gasteiger partial charge in [-0.25, -0.2) is 4.98 Å². The second-order valence-corrected chi connectivity index (χ2v) is 5.78. The first kappa shape index (κ1) is 17.7. The molecule has 0 aliphatic carbocycles. The lowest BCUT2D eigenvalue weighted by Gasteiger charge is -2.30. The van der Waals surface area contributed by atoms with E-state index in [2.05, 4.69) is 9.88 Å². The number of methoxy groups -OCH3 is 1. The maximum absolute atomic E-state index is 12.2. The molecule has 23 heavy (non-hydrogen) atoms. The summed E-state index contributed by atoms with van der Waals surface area (Å²) in [6, 6.07) is 5.93. The van der Waals surface area contributed by atoms with Crippen molar-refractivity contribution in [1.29, 1.82) is 0 Å². The molecule has 7 heteroatoms. The predicted octanol–water partition coefficient (Wildman–Crippen LogP) is 1.25. The van der Waals surface area contributed by atoms with Crippen LogP contribution in [-0.2, 0) is 6.54 Å². The summed E-state index contributed by atoms with van der Waals surface area (Å²) in [5, 5.41) is 0. The van der Waals surface area contributed by atoms with Gasteiger partial charge in [0.2, 0.25) is 0 Å². The number of hydrogen-bond acceptors (Lipinski definition) is 5. The van der Waals surface area contributed by atoms with Crippen molar-refractivity contribution in [2.75, 3.05) is 26.7 Å². The molecule has 0 saturated carbocycles. The Kier molecular flexibility index (Phi) is 5.98. The number of piperidine rings is 1. The third-order valence-electron chi connectivity index (χ3n) is 4.33. The number of rotatable bonds is 4. The summed E-state index contributed by atoms with van der Waals surface area (Å²) in [6.07, 6.45) is 3.44. The number of hydrogen-bond donors (Lipinski definition) is 1. The van der Waals surface area contributed by atoms with Gasteiger partial charge >= 0.3 is 0 Å². The van der Waals surface area contributed by atoms with Gasteiger partial charge in [-0.2, -0.15) is 0 Å². The summed E-state index contributed by atoms with van der Waals surface area (Å²) in [7, 11) is 1.62. The molecule has 6 nitrogen and oxygen atoms in total. The number of likely N-dealkylation sites (tertiary alicyclic amines) is 1.